The quantitative estimate of drug-likeness (QED) is 0.796. The molecule has 0 aromatic heterocycles. The number of benzene rings is 1. The van der Waals surface area contributed by atoms with Crippen molar-refractivity contribution in [3.8, 4) is 11.5 Å². The van der Waals surface area contributed by atoms with Gasteiger partial charge in [-0.3, -0.25) is 9.69 Å². The van der Waals surface area contributed by atoms with Gasteiger partial charge in [-0.2, -0.15) is 0 Å². The second kappa shape index (κ2) is 9.26. The van der Waals surface area contributed by atoms with Crippen LogP contribution >= 0.6 is 0 Å². The van der Waals surface area contributed by atoms with Crippen molar-refractivity contribution in [2.75, 3.05) is 31.6 Å². The summed E-state index contributed by atoms with van der Waals surface area (Å²) in [5.74, 6) is 2.26. The third kappa shape index (κ3) is 4.70. The molecule has 1 N–H and O–H groups in total. The molecule has 2 aliphatic rings. The first-order valence-electron chi connectivity index (χ1n) is 10.1. The molecule has 0 bridgehead atoms. The third-order valence-electron chi connectivity index (χ3n) is 5.54. The van der Waals surface area contributed by atoms with E-state index in [4.69, 9.17) is 9.47 Å². The summed E-state index contributed by atoms with van der Waals surface area (Å²) in [6.45, 7) is 6.55. The molecule has 1 saturated carbocycles. The lowest BCUT2D eigenvalue weighted by Crippen LogP contribution is -2.49. The summed E-state index contributed by atoms with van der Waals surface area (Å²) in [4.78, 5) is 15.1. The van der Waals surface area contributed by atoms with Crippen LogP contribution < -0.4 is 14.8 Å². The van der Waals surface area contributed by atoms with Crippen LogP contribution in [0.3, 0.4) is 0 Å². The van der Waals surface area contributed by atoms with Gasteiger partial charge < -0.3 is 14.8 Å². The van der Waals surface area contributed by atoms with Crippen LogP contribution in [-0.2, 0) is 4.79 Å². The van der Waals surface area contributed by atoms with E-state index in [2.05, 4.69) is 10.2 Å². The van der Waals surface area contributed by atoms with Crippen LogP contribution in [0.15, 0.2) is 18.2 Å². The number of hydrogen-bond donors (Lipinski definition) is 1. The van der Waals surface area contributed by atoms with Crippen LogP contribution in [0, 0.1) is 5.92 Å². The Morgan fingerprint density at radius 2 is 1.88 bits per heavy atom. The lowest BCUT2D eigenvalue weighted by molar-refractivity contribution is -0.118. The monoisotopic (exact) mass is 360 g/mol. The van der Waals surface area contributed by atoms with Gasteiger partial charge in [-0.05, 0) is 64.1 Å². The van der Waals surface area contributed by atoms with Crippen LogP contribution in [0.5, 0.6) is 11.5 Å². The summed E-state index contributed by atoms with van der Waals surface area (Å²) in [7, 11) is 0. The zero-order chi connectivity index (χ0) is 18.4. The van der Waals surface area contributed by atoms with Crippen LogP contribution in [0.2, 0.25) is 0 Å². The molecule has 1 amide bonds. The number of nitrogens with one attached hydrogen (secondary N) is 1. The number of nitrogens with zero attached hydrogens (tertiary/aromatic N) is 1. The molecule has 1 saturated heterocycles. The largest absolute Gasteiger partial charge is 0.494 e. The summed E-state index contributed by atoms with van der Waals surface area (Å²) < 4.78 is 11.2. The van der Waals surface area contributed by atoms with Gasteiger partial charge in [0.25, 0.3) is 0 Å². The fourth-order valence-corrected chi connectivity index (χ4v) is 4.44. The van der Waals surface area contributed by atoms with Crippen molar-refractivity contribution >= 4 is 11.6 Å². The normalized spacial score (nSPS) is 23.2. The van der Waals surface area contributed by atoms with Crippen molar-refractivity contribution in [3.05, 3.63) is 18.2 Å². The molecule has 0 unspecified atom stereocenters. The van der Waals surface area contributed by atoms with Gasteiger partial charge in [0, 0.05) is 12.1 Å². The van der Waals surface area contributed by atoms with Crippen molar-refractivity contribution in [1.29, 1.82) is 0 Å². The molecule has 0 radical (unpaired) electrons. The SMILES string of the molecule is CCOc1ccc(OCC)c(NC(=O)CN2CCC[C@H]3CCCC[C@@H]32)c1. The molecule has 1 aliphatic heterocycles. The Kier molecular flexibility index (Phi) is 6.78. The summed E-state index contributed by atoms with van der Waals surface area (Å²) in [6, 6.07) is 6.18. The second-order valence-corrected chi connectivity index (χ2v) is 7.30. The Morgan fingerprint density at radius 1 is 1.12 bits per heavy atom. The molecular formula is C21H32N2O3. The Balaban J connectivity index is 1.65. The van der Waals surface area contributed by atoms with Crippen LogP contribution in [-0.4, -0.2) is 43.2 Å². The lowest BCUT2D eigenvalue weighted by atomic mass is 9.78. The van der Waals surface area contributed by atoms with Crippen LogP contribution in [0.1, 0.15) is 52.4 Å². The van der Waals surface area contributed by atoms with E-state index < -0.39 is 0 Å². The topological polar surface area (TPSA) is 50.8 Å². The van der Waals surface area contributed by atoms with Gasteiger partial charge in [-0.1, -0.05) is 12.8 Å². The number of anilines is 1. The van der Waals surface area contributed by atoms with Gasteiger partial charge in [0.15, 0.2) is 0 Å². The maximum Gasteiger partial charge on any atom is 0.238 e. The predicted molar refractivity (Wildman–Crippen MR) is 104 cm³/mol. The molecule has 1 aromatic carbocycles. The number of rotatable bonds is 7. The van der Waals surface area contributed by atoms with Crippen molar-refractivity contribution in [2.24, 2.45) is 5.92 Å². The van der Waals surface area contributed by atoms with Crippen molar-refractivity contribution in [3.63, 3.8) is 0 Å². The average molecular weight is 360 g/mol. The highest BCUT2D eigenvalue weighted by Crippen LogP contribution is 2.35. The highest BCUT2D eigenvalue weighted by Gasteiger charge is 2.33. The number of carbonyl (C=O) groups is 1. The van der Waals surface area contributed by atoms with E-state index in [-0.39, 0.29) is 5.91 Å². The zero-order valence-electron chi connectivity index (χ0n) is 16.1. The molecule has 5 nitrogen and oxygen atoms in total. The third-order valence-corrected chi connectivity index (χ3v) is 5.54. The zero-order valence-corrected chi connectivity index (χ0v) is 16.1. The van der Waals surface area contributed by atoms with E-state index in [1.54, 1.807) is 0 Å². The highest BCUT2D eigenvalue weighted by atomic mass is 16.5. The summed E-state index contributed by atoms with van der Waals surface area (Å²) in [5.41, 5.74) is 0.694. The maximum atomic E-state index is 12.7. The van der Waals surface area contributed by atoms with Crippen LogP contribution in [0.4, 0.5) is 5.69 Å². The number of likely N-dealkylation sites (tertiary alicyclic amines) is 1. The minimum atomic E-state index is 0.0332. The highest BCUT2D eigenvalue weighted by molar-refractivity contribution is 5.94. The van der Waals surface area contributed by atoms with Gasteiger partial charge in [0.1, 0.15) is 11.5 Å². The molecule has 5 heteroatoms. The number of ether oxygens (including phenoxy) is 2. The van der Waals surface area contributed by atoms with E-state index in [0.29, 0.717) is 37.2 Å². The molecule has 2 fully saturated rings. The number of piperidine rings is 1. The smallest absolute Gasteiger partial charge is 0.238 e. The number of carbonyl (C=O) groups excluding carboxylic acids is 1. The van der Waals surface area contributed by atoms with Gasteiger partial charge in [-0.25, -0.2) is 0 Å². The predicted octanol–water partition coefficient (Wildman–Crippen LogP) is 4.08. The first-order valence-corrected chi connectivity index (χ1v) is 10.1. The molecule has 1 aromatic rings. The molecule has 1 heterocycles. The summed E-state index contributed by atoms with van der Waals surface area (Å²) in [6.07, 6.45) is 7.75. The van der Waals surface area contributed by atoms with Gasteiger partial charge >= 0.3 is 0 Å². The van der Waals surface area contributed by atoms with Crippen molar-refractivity contribution in [2.45, 2.75) is 58.4 Å². The molecule has 144 valence electrons. The first-order chi connectivity index (χ1) is 12.7. The lowest BCUT2D eigenvalue weighted by Gasteiger charge is -2.43. The Bertz CT molecular complexity index is 603. The fourth-order valence-electron chi connectivity index (χ4n) is 4.44. The minimum absolute atomic E-state index is 0.0332. The van der Waals surface area contributed by atoms with Gasteiger partial charge in [0.2, 0.25) is 5.91 Å². The van der Waals surface area contributed by atoms with E-state index in [1.807, 2.05) is 32.0 Å². The number of hydrogen-bond acceptors (Lipinski definition) is 4. The molecule has 1 aliphatic carbocycles. The van der Waals surface area contributed by atoms with Crippen molar-refractivity contribution in [1.82, 2.24) is 4.90 Å². The Labute approximate surface area is 157 Å². The molecule has 0 spiro atoms. The molecule has 2 atom stereocenters. The first kappa shape index (κ1) is 19.0. The van der Waals surface area contributed by atoms with E-state index in [0.717, 1.165) is 18.2 Å². The standard InChI is InChI=1S/C21H32N2O3/c1-3-25-17-11-12-20(26-4-2)18(14-17)22-21(24)15-23-13-7-9-16-8-5-6-10-19(16)23/h11-12,14,16,19H,3-10,13,15H2,1-2H3,(H,22,24)/t16-,19+/m1/s1. The Hall–Kier alpha value is -1.75. The summed E-state index contributed by atoms with van der Waals surface area (Å²) >= 11 is 0. The van der Waals surface area contributed by atoms with E-state index in [1.165, 1.54) is 38.5 Å². The Morgan fingerprint density at radius 3 is 2.69 bits per heavy atom. The fraction of sp³-hybridized carbons (Fsp3) is 0.667. The summed E-state index contributed by atoms with van der Waals surface area (Å²) in [5, 5.41) is 3.05. The maximum absolute atomic E-state index is 12.7. The number of fused-ring (bicyclic) bond motifs is 1. The van der Waals surface area contributed by atoms with Crippen LogP contribution in [0.25, 0.3) is 0 Å². The van der Waals surface area contributed by atoms with Gasteiger partial charge in [0.05, 0.1) is 25.4 Å². The van der Waals surface area contributed by atoms with Crippen molar-refractivity contribution < 1.29 is 14.3 Å². The van der Waals surface area contributed by atoms with E-state index in [9.17, 15) is 4.79 Å². The average Bonchev–Trinajstić information content (AvgIpc) is 2.64. The second-order valence-electron chi connectivity index (χ2n) is 7.30. The van der Waals surface area contributed by atoms with E-state index >= 15 is 0 Å². The molecule has 26 heavy (non-hydrogen) atoms. The molecule has 3 rings (SSSR count). The minimum Gasteiger partial charge on any atom is -0.494 e. The number of amides is 1. The van der Waals surface area contributed by atoms with Gasteiger partial charge in [-0.15, -0.1) is 0 Å². The molecular weight excluding hydrogens is 328 g/mol.